The van der Waals surface area contributed by atoms with Gasteiger partial charge >= 0.3 is 5.97 Å². The zero-order valence-corrected chi connectivity index (χ0v) is 13.3. The zero-order valence-electron chi connectivity index (χ0n) is 13.3. The van der Waals surface area contributed by atoms with Crippen molar-refractivity contribution in [1.82, 2.24) is 19.9 Å². The number of nitrogens with zero attached hydrogens (tertiary/aromatic N) is 4. The van der Waals surface area contributed by atoms with Crippen LogP contribution in [-0.2, 0) is 11.3 Å². The van der Waals surface area contributed by atoms with Crippen LogP contribution in [0.2, 0.25) is 0 Å². The van der Waals surface area contributed by atoms with Crippen LogP contribution in [0.3, 0.4) is 0 Å². The predicted octanol–water partition coefficient (Wildman–Crippen LogP) is 2.18. The summed E-state index contributed by atoms with van der Waals surface area (Å²) in [5.74, 6) is -1.62. The van der Waals surface area contributed by atoms with Crippen LogP contribution in [0.25, 0.3) is 0 Å². The SMILES string of the molecule is COC(=O)c1cn(C2CCN(Cc3cc(F)cc(F)c3)CC2)nn1. The van der Waals surface area contributed by atoms with E-state index in [-0.39, 0.29) is 11.7 Å². The van der Waals surface area contributed by atoms with Gasteiger partial charge in [-0.2, -0.15) is 0 Å². The van der Waals surface area contributed by atoms with Crippen molar-refractivity contribution in [3.05, 3.63) is 47.3 Å². The fraction of sp³-hybridized carbons (Fsp3) is 0.438. The van der Waals surface area contributed by atoms with E-state index in [1.165, 1.54) is 19.2 Å². The van der Waals surface area contributed by atoms with E-state index >= 15 is 0 Å². The van der Waals surface area contributed by atoms with Crippen LogP contribution in [0.5, 0.6) is 0 Å². The minimum atomic E-state index is -0.558. The molecule has 0 saturated carbocycles. The molecular formula is C16H18F2N4O2. The number of carbonyl (C=O) groups is 1. The lowest BCUT2D eigenvalue weighted by atomic mass is 10.0. The third kappa shape index (κ3) is 3.76. The summed E-state index contributed by atoms with van der Waals surface area (Å²) >= 11 is 0. The van der Waals surface area contributed by atoms with Gasteiger partial charge in [-0.1, -0.05) is 5.21 Å². The molecule has 24 heavy (non-hydrogen) atoms. The van der Waals surface area contributed by atoms with Crippen molar-refractivity contribution in [1.29, 1.82) is 0 Å². The molecule has 0 bridgehead atoms. The fourth-order valence-electron chi connectivity index (χ4n) is 2.96. The number of piperidine rings is 1. The average molecular weight is 336 g/mol. The first-order valence-electron chi connectivity index (χ1n) is 7.72. The highest BCUT2D eigenvalue weighted by Crippen LogP contribution is 2.23. The second-order valence-corrected chi connectivity index (χ2v) is 5.86. The van der Waals surface area contributed by atoms with E-state index in [4.69, 9.17) is 0 Å². The number of hydrogen-bond donors (Lipinski definition) is 0. The van der Waals surface area contributed by atoms with Gasteiger partial charge in [-0.05, 0) is 30.5 Å². The zero-order chi connectivity index (χ0) is 17.1. The lowest BCUT2D eigenvalue weighted by Crippen LogP contribution is -2.34. The number of rotatable bonds is 4. The van der Waals surface area contributed by atoms with Gasteiger partial charge in [0.05, 0.1) is 19.3 Å². The summed E-state index contributed by atoms with van der Waals surface area (Å²) in [7, 11) is 1.30. The summed E-state index contributed by atoms with van der Waals surface area (Å²) in [4.78, 5) is 13.6. The van der Waals surface area contributed by atoms with Crippen LogP contribution in [0.1, 0.15) is 34.9 Å². The maximum Gasteiger partial charge on any atom is 0.360 e. The van der Waals surface area contributed by atoms with Gasteiger partial charge < -0.3 is 4.74 Å². The summed E-state index contributed by atoms with van der Waals surface area (Å²) < 4.78 is 32.8. The Hall–Kier alpha value is -2.35. The second kappa shape index (κ2) is 7.04. The summed E-state index contributed by atoms with van der Waals surface area (Å²) in [6.45, 7) is 2.05. The summed E-state index contributed by atoms with van der Waals surface area (Å²) in [5.41, 5.74) is 0.815. The molecule has 1 aliphatic heterocycles. The van der Waals surface area contributed by atoms with Crippen LogP contribution < -0.4 is 0 Å². The third-order valence-corrected chi connectivity index (χ3v) is 4.16. The lowest BCUT2D eigenvalue weighted by Gasteiger charge is -2.31. The number of methoxy groups -OCH3 is 1. The Morgan fingerprint density at radius 1 is 1.25 bits per heavy atom. The molecular weight excluding hydrogens is 318 g/mol. The molecule has 0 atom stereocenters. The van der Waals surface area contributed by atoms with E-state index in [0.29, 0.717) is 12.1 Å². The molecule has 1 aromatic carbocycles. The summed E-state index contributed by atoms with van der Waals surface area (Å²) in [6, 6.07) is 3.74. The topological polar surface area (TPSA) is 60.2 Å². The molecule has 0 unspecified atom stereocenters. The Balaban J connectivity index is 1.57. The number of halogens is 2. The molecule has 0 amide bonds. The second-order valence-electron chi connectivity index (χ2n) is 5.86. The van der Waals surface area contributed by atoms with Crippen molar-refractivity contribution >= 4 is 5.97 Å². The molecule has 1 aliphatic rings. The molecule has 2 aromatic rings. The van der Waals surface area contributed by atoms with Crippen LogP contribution in [0.15, 0.2) is 24.4 Å². The van der Waals surface area contributed by atoms with E-state index < -0.39 is 17.6 Å². The fourth-order valence-corrected chi connectivity index (χ4v) is 2.96. The van der Waals surface area contributed by atoms with Gasteiger partial charge in [0.2, 0.25) is 0 Å². The largest absolute Gasteiger partial charge is 0.464 e. The van der Waals surface area contributed by atoms with E-state index in [9.17, 15) is 13.6 Å². The molecule has 0 spiro atoms. The van der Waals surface area contributed by atoms with Gasteiger partial charge in [0.1, 0.15) is 11.6 Å². The number of esters is 1. The van der Waals surface area contributed by atoms with Crippen molar-refractivity contribution < 1.29 is 18.3 Å². The van der Waals surface area contributed by atoms with Gasteiger partial charge in [0.25, 0.3) is 0 Å². The summed E-state index contributed by atoms with van der Waals surface area (Å²) in [5, 5.41) is 7.80. The van der Waals surface area contributed by atoms with E-state index in [1.54, 1.807) is 10.9 Å². The Morgan fingerprint density at radius 2 is 1.92 bits per heavy atom. The van der Waals surface area contributed by atoms with Crippen molar-refractivity contribution in [2.24, 2.45) is 0 Å². The predicted molar refractivity (Wildman–Crippen MR) is 81.3 cm³/mol. The molecule has 6 nitrogen and oxygen atoms in total. The van der Waals surface area contributed by atoms with Crippen molar-refractivity contribution in [3.8, 4) is 0 Å². The molecule has 0 aliphatic carbocycles. The molecule has 2 heterocycles. The standard InChI is InChI=1S/C16H18F2N4O2/c1-24-16(23)15-10-22(20-19-15)14-2-4-21(5-3-14)9-11-6-12(17)8-13(18)7-11/h6-8,10,14H,2-5,9H2,1H3. The van der Waals surface area contributed by atoms with Crippen LogP contribution in [-0.4, -0.2) is 46.1 Å². The highest BCUT2D eigenvalue weighted by molar-refractivity contribution is 5.86. The van der Waals surface area contributed by atoms with E-state index in [2.05, 4.69) is 19.9 Å². The van der Waals surface area contributed by atoms with E-state index in [1.807, 2.05) is 0 Å². The molecule has 8 heteroatoms. The summed E-state index contributed by atoms with van der Waals surface area (Å²) in [6.07, 6.45) is 3.23. The Kier molecular flexibility index (Phi) is 4.84. The highest BCUT2D eigenvalue weighted by atomic mass is 19.1. The van der Waals surface area contributed by atoms with Crippen molar-refractivity contribution in [3.63, 3.8) is 0 Å². The first-order valence-corrected chi connectivity index (χ1v) is 7.72. The van der Waals surface area contributed by atoms with Gasteiger partial charge in [0, 0.05) is 25.7 Å². The normalized spacial score (nSPS) is 16.3. The van der Waals surface area contributed by atoms with Gasteiger partial charge in [0.15, 0.2) is 5.69 Å². The number of likely N-dealkylation sites (tertiary alicyclic amines) is 1. The Bertz CT molecular complexity index is 706. The monoisotopic (exact) mass is 336 g/mol. The van der Waals surface area contributed by atoms with Crippen molar-refractivity contribution in [2.45, 2.75) is 25.4 Å². The lowest BCUT2D eigenvalue weighted by molar-refractivity contribution is 0.0594. The molecule has 0 radical (unpaired) electrons. The molecule has 1 fully saturated rings. The molecule has 0 N–H and O–H groups in total. The Labute approximate surface area is 138 Å². The molecule has 1 aromatic heterocycles. The number of hydrogen-bond acceptors (Lipinski definition) is 5. The first-order chi connectivity index (χ1) is 11.5. The maximum absolute atomic E-state index is 13.2. The molecule has 128 valence electrons. The molecule has 3 rings (SSSR count). The van der Waals surface area contributed by atoms with Crippen molar-refractivity contribution in [2.75, 3.05) is 20.2 Å². The minimum absolute atomic E-state index is 0.149. The van der Waals surface area contributed by atoms with Gasteiger partial charge in [-0.3, -0.25) is 4.90 Å². The smallest absolute Gasteiger partial charge is 0.360 e. The number of aromatic nitrogens is 3. The average Bonchev–Trinajstić information content (AvgIpc) is 3.04. The first kappa shape index (κ1) is 16.5. The van der Waals surface area contributed by atoms with Crippen LogP contribution in [0, 0.1) is 11.6 Å². The number of benzene rings is 1. The minimum Gasteiger partial charge on any atom is -0.464 e. The number of ether oxygens (including phenoxy) is 1. The molecule has 1 saturated heterocycles. The number of carbonyl (C=O) groups excluding carboxylic acids is 1. The van der Waals surface area contributed by atoms with Gasteiger partial charge in [-0.25, -0.2) is 18.3 Å². The highest BCUT2D eigenvalue weighted by Gasteiger charge is 2.23. The maximum atomic E-state index is 13.2. The van der Waals surface area contributed by atoms with Gasteiger partial charge in [-0.15, -0.1) is 5.10 Å². The van der Waals surface area contributed by atoms with Crippen LogP contribution in [0.4, 0.5) is 8.78 Å². The Morgan fingerprint density at radius 3 is 2.54 bits per heavy atom. The third-order valence-electron chi connectivity index (χ3n) is 4.16. The van der Waals surface area contributed by atoms with Crippen LogP contribution >= 0.6 is 0 Å². The van der Waals surface area contributed by atoms with E-state index in [0.717, 1.165) is 32.0 Å². The quantitative estimate of drug-likeness (QED) is 0.801.